The quantitative estimate of drug-likeness (QED) is 0.0381. The van der Waals surface area contributed by atoms with Crippen LogP contribution in [0.3, 0.4) is 0 Å². The first-order valence-electron chi connectivity index (χ1n) is 44.3. The van der Waals surface area contributed by atoms with Crippen LogP contribution in [0.15, 0.2) is 550 Å². The van der Waals surface area contributed by atoms with Gasteiger partial charge in [-0.05, 0) is 189 Å². The van der Waals surface area contributed by atoms with Crippen LogP contribution < -0.4 is 69.1 Å². The van der Waals surface area contributed by atoms with Crippen molar-refractivity contribution >= 4 is 198 Å². The van der Waals surface area contributed by atoms with E-state index >= 15 is 0 Å². The molecular formula is C120H92BBrN2O6P4PdS2. The molecule has 2 aromatic heterocycles. The van der Waals surface area contributed by atoms with Crippen molar-refractivity contribution in [3.8, 4) is 33.4 Å². The number of hydrogen-bond donors (Lipinski definition) is 2. The van der Waals surface area contributed by atoms with E-state index in [1.54, 1.807) is 59.9 Å². The monoisotopic (exact) mass is 2040 g/mol. The normalized spacial score (nSPS) is 10.6. The predicted octanol–water partition coefficient (Wildman–Crippen LogP) is 26.8. The molecule has 8 nitrogen and oxygen atoms in total. The van der Waals surface area contributed by atoms with E-state index in [0.717, 1.165) is 26.7 Å². The number of hydrogen-bond acceptors (Lipinski definition) is 8. The number of nitro groups is 2. The zero-order chi connectivity index (χ0) is 93.4. The van der Waals surface area contributed by atoms with Gasteiger partial charge in [0.15, 0.2) is 0 Å². The number of thiophene rings is 2. The number of nitrogens with zero attached hydrogens (tertiary/aromatic N) is 2. The van der Waals surface area contributed by atoms with Crippen LogP contribution in [0.2, 0.25) is 0 Å². The van der Waals surface area contributed by atoms with Crippen LogP contribution in [0, 0.1) is 20.2 Å². The third-order valence-electron chi connectivity index (χ3n) is 22.1. The molecule has 2 N–H and O–H groups in total. The van der Waals surface area contributed by atoms with Crippen LogP contribution in [0.1, 0.15) is 0 Å². The van der Waals surface area contributed by atoms with Gasteiger partial charge in [0.25, 0.3) is 11.4 Å². The second kappa shape index (κ2) is 50.3. The van der Waals surface area contributed by atoms with Gasteiger partial charge in [-0.2, -0.15) is 0 Å². The van der Waals surface area contributed by atoms with Crippen molar-refractivity contribution in [3.63, 3.8) is 0 Å². The maximum absolute atomic E-state index is 10.9. The molecule has 0 radical (unpaired) electrons. The van der Waals surface area contributed by atoms with Crippen molar-refractivity contribution in [2.75, 3.05) is 0 Å². The fourth-order valence-corrected chi connectivity index (χ4v) is 27.8. The first-order valence-corrected chi connectivity index (χ1v) is 52.1. The molecule has 0 atom stereocenters. The molecule has 0 aliphatic carbocycles. The topological polar surface area (TPSA) is 127 Å². The third-order valence-corrected chi connectivity index (χ3v) is 34.7. The SMILES string of the molecule is Brc1ccc2c(c1)sc1ccccc12.O=[N+]([O-])c1ccc(-c2ccccc2-c2ccc3c(c2)sc2ccccc23)cc1.O=[N+]([O-])c1ccc(-c2ccccc2B(O)O)cc1.[Pd].c1ccc(P(c2ccccc2)c2ccccc2)cc1.c1ccc(P(c2ccccc2)c2ccccc2)cc1.c1ccc(P(c2ccccc2)c2ccccc2)cc1.c1ccc(P(c2ccccc2)c2ccccc2)cc1. The van der Waals surface area contributed by atoms with E-state index in [2.05, 4.69) is 477 Å². The Hall–Kier alpha value is -13.5. The average Bonchev–Trinajstić information content (AvgIpc) is 1.63. The number of non-ortho nitro benzene ring substituents is 2. The van der Waals surface area contributed by atoms with Gasteiger partial charge in [-0.25, -0.2) is 0 Å². The second-order valence-electron chi connectivity index (χ2n) is 31.0. The molecule has 0 unspecified atom stereocenters. The summed E-state index contributed by atoms with van der Waals surface area (Å²) in [5, 5.41) is 62.1. The molecule has 0 aliphatic heterocycles. The minimum absolute atomic E-state index is 0. The molecule has 20 aromatic carbocycles. The predicted molar refractivity (Wildman–Crippen MR) is 593 cm³/mol. The van der Waals surface area contributed by atoms with Crippen molar-refractivity contribution in [1.82, 2.24) is 0 Å². The van der Waals surface area contributed by atoms with Gasteiger partial charge in [0.1, 0.15) is 0 Å². The first kappa shape index (κ1) is 98.0. The van der Waals surface area contributed by atoms with E-state index in [0.29, 0.717) is 16.6 Å². The Morgan fingerprint density at radius 2 is 0.423 bits per heavy atom. The molecule has 0 amide bonds. The van der Waals surface area contributed by atoms with Gasteiger partial charge in [0.05, 0.1) is 9.85 Å². The summed E-state index contributed by atoms with van der Waals surface area (Å²) in [6.07, 6.45) is 0. The van der Waals surface area contributed by atoms with Crippen molar-refractivity contribution < 1.29 is 40.3 Å². The molecule has 22 rings (SSSR count). The van der Waals surface area contributed by atoms with E-state index in [4.69, 9.17) is 0 Å². The summed E-state index contributed by atoms with van der Waals surface area (Å²) in [5.74, 6) is 0. The van der Waals surface area contributed by atoms with Gasteiger partial charge < -0.3 is 10.0 Å². The fraction of sp³-hybridized carbons (Fsp3) is 0. The maximum Gasteiger partial charge on any atom is 0.489 e. The Morgan fingerprint density at radius 3 is 0.693 bits per heavy atom. The van der Waals surface area contributed by atoms with E-state index in [1.807, 2.05) is 35.6 Å². The largest absolute Gasteiger partial charge is 0.489 e. The number of fused-ring (bicyclic) bond motifs is 6. The van der Waals surface area contributed by atoms with Gasteiger partial charge in [-0.15, -0.1) is 22.7 Å². The summed E-state index contributed by atoms with van der Waals surface area (Å²) >= 11 is 7.14. The molecular weight excluding hydrogens is 1950 g/mol. The summed E-state index contributed by atoms with van der Waals surface area (Å²) in [5.41, 5.74) is 6.12. The van der Waals surface area contributed by atoms with E-state index < -0.39 is 43.7 Å². The fourth-order valence-electron chi connectivity index (χ4n) is 15.8. The zero-order valence-corrected chi connectivity index (χ0v) is 82.6. The molecule has 0 saturated heterocycles. The molecule has 0 bridgehead atoms. The molecule has 2 heterocycles. The molecule has 0 saturated carbocycles. The van der Waals surface area contributed by atoms with Crippen LogP contribution in [-0.2, 0) is 20.4 Å². The molecule has 17 heteroatoms. The summed E-state index contributed by atoms with van der Waals surface area (Å²) in [4.78, 5) is 20.6. The van der Waals surface area contributed by atoms with Crippen LogP contribution in [-0.4, -0.2) is 27.0 Å². The molecule has 0 aliphatic rings. The molecule has 0 fully saturated rings. The smallest absolute Gasteiger partial charge is 0.423 e. The van der Waals surface area contributed by atoms with Crippen LogP contribution in [0.5, 0.6) is 0 Å². The van der Waals surface area contributed by atoms with Crippen LogP contribution in [0.25, 0.3) is 73.7 Å². The Balaban J connectivity index is 0.000000122. The van der Waals surface area contributed by atoms with E-state index in [1.165, 1.54) is 116 Å². The summed E-state index contributed by atoms with van der Waals surface area (Å²) in [6.45, 7) is 0. The van der Waals surface area contributed by atoms with E-state index in [-0.39, 0.29) is 36.7 Å². The Morgan fingerprint density at radius 1 is 0.219 bits per heavy atom. The average molecular weight is 2040 g/mol. The summed E-state index contributed by atoms with van der Waals surface area (Å²) in [7, 11) is -3.36. The van der Waals surface area contributed by atoms with Gasteiger partial charge >= 0.3 is 7.12 Å². The van der Waals surface area contributed by atoms with E-state index in [9.17, 15) is 30.3 Å². The zero-order valence-electron chi connectivity index (χ0n) is 74.3. The Labute approximate surface area is 835 Å². The summed E-state index contributed by atoms with van der Waals surface area (Å²) < 4.78 is 6.41. The number of halogens is 1. The third kappa shape index (κ3) is 26.2. The molecule has 22 aromatic rings. The first-order chi connectivity index (χ1) is 66.9. The maximum atomic E-state index is 10.9. The number of nitro benzene ring substituents is 2. The van der Waals surface area contributed by atoms with Crippen LogP contribution in [0.4, 0.5) is 11.4 Å². The van der Waals surface area contributed by atoms with Gasteiger partial charge in [-0.3, -0.25) is 20.2 Å². The van der Waals surface area contributed by atoms with Crippen molar-refractivity contribution in [2.24, 2.45) is 0 Å². The van der Waals surface area contributed by atoms with Crippen molar-refractivity contribution in [3.05, 3.63) is 571 Å². The molecule has 670 valence electrons. The van der Waals surface area contributed by atoms with Gasteiger partial charge in [0.2, 0.25) is 0 Å². The Kier molecular flexibility index (Phi) is 36.0. The summed E-state index contributed by atoms with van der Waals surface area (Å²) in [6, 6.07) is 187. The minimum Gasteiger partial charge on any atom is -0.423 e. The van der Waals surface area contributed by atoms with Crippen molar-refractivity contribution in [1.29, 1.82) is 0 Å². The molecule has 0 spiro atoms. The number of benzene rings is 20. The van der Waals surface area contributed by atoms with Gasteiger partial charge in [0, 0.05) is 89.5 Å². The number of rotatable bonds is 18. The van der Waals surface area contributed by atoms with Gasteiger partial charge in [-0.1, -0.05) is 483 Å². The van der Waals surface area contributed by atoms with Crippen molar-refractivity contribution in [2.45, 2.75) is 0 Å². The minimum atomic E-state index is -1.57. The second-order valence-corrected chi connectivity index (χ2v) is 43.0. The Bertz CT molecular complexity index is 6660. The molecule has 137 heavy (non-hydrogen) atoms. The standard InChI is InChI=1S/C24H15NO2S.4C18H15P.C12H10BNO4.C12H7BrS.Pd/c26-25(27)18-12-9-16(10-13-18)19-5-1-2-6-20(19)17-11-14-22-21-7-3-4-8-23(21)28-24(22)15-17;4*1-4-10-16(11-5-1)19(17-12-6-2-7-13-17)18-14-8-3-9-15-18;15-13(16)12-4-2-1-3-11(12)9-5-7-10(8-6-9)14(17)18;13-8-5-6-10-9-3-1-2-4-11(9)14-12(10)7-8;/h1-15H;4*1-15H;1-8,15-16H;1-7H;. The van der Waals surface area contributed by atoms with Crippen LogP contribution >= 0.6 is 70.3 Å².